The summed E-state index contributed by atoms with van der Waals surface area (Å²) < 4.78 is 5.34. The van der Waals surface area contributed by atoms with Crippen LogP contribution in [0.5, 0.6) is 0 Å². The third-order valence-electron chi connectivity index (χ3n) is 5.15. The molecule has 0 bridgehead atoms. The lowest BCUT2D eigenvalue weighted by molar-refractivity contribution is -0.129. The van der Waals surface area contributed by atoms with Gasteiger partial charge in [0.1, 0.15) is 5.69 Å². The molecular formula is C18H25N5O4. The van der Waals surface area contributed by atoms with Crippen LogP contribution in [0.4, 0.5) is 0 Å². The zero-order chi connectivity index (χ0) is 19.1. The highest BCUT2D eigenvalue weighted by molar-refractivity contribution is 5.75. The molecule has 3 rings (SSSR count). The molecule has 1 fully saturated rings. The van der Waals surface area contributed by atoms with Gasteiger partial charge in [0.05, 0.1) is 0 Å². The normalized spacial score (nSPS) is 16.2. The van der Waals surface area contributed by atoms with Crippen LogP contribution in [-0.4, -0.2) is 31.5 Å². The topological polar surface area (TPSA) is 134 Å². The molecule has 27 heavy (non-hydrogen) atoms. The molecule has 3 N–H and O–H groups in total. The molecule has 0 radical (unpaired) electrons. The third kappa shape index (κ3) is 5.46. The van der Waals surface area contributed by atoms with Crippen LogP contribution >= 0.6 is 0 Å². The van der Waals surface area contributed by atoms with Gasteiger partial charge in [0.25, 0.3) is 5.56 Å². The summed E-state index contributed by atoms with van der Waals surface area (Å²) in [7, 11) is 0. The van der Waals surface area contributed by atoms with Crippen LogP contribution in [0.2, 0.25) is 0 Å². The second-order valence-electron chi connectivity index (χ2n) is 7.13. The number of hydrogen-bond acceptors (Lipinski definition) is 7. The highest BCUT2D eigenvalue weighted by Gasteiger charge is 2.24. The number of aromatic amines is 1. The molecule has 0 aromatic carbocycles. The minimum absolute atomic E-state index is 0.0713. The number of nitrogens with zero attached hydrogens (tertiary/aromatic N) is 3. The molecule has 9 nitrogen and oxygen atoms in total. The molecule has 1 saturated carbocycles. The van der Waals surface area contributed by atoms with Crippen molar-refractivity contribution in [1.82, 2.24) is 25.8 Å². The Balaban J connectivity index is 1.65. The average molecular weight is 375 g/mol. The van der Waals surface area contributed by atoms with Gasteiger partial charge in [-0.05, 0) is 18.4 Å². The molecule has 2 aromatic rings. The summed E-state index contributed by atoms with van der Waals surface area (Å²) in [5.74, 6) is 0.590. The van der Waals surface area contributed by atoms with Crippen molar-refractivity contribution in [3.63, 3.8) is 0 Å². The quantitative estimate of drug-likeness (QED) is 0.477. The molecule has 1 aliphatic carbocycles. The van der Waals surface area contributed by atoms with Crippen LogP contribution in [0.1, 0.15) is 69.6 Å². The number of amides is 1. The van der Waals surface area contributed by atoms with E-state index < -0.39 is 5.91 Å². The van der Waals surface area contributed by atoms with Crippen LogP contribution in [-0.2, 0) is 4.79 Å². The van der Waals surface area contributed by atoms with E-state index >= 15 is 0 Å². The highest BCUT2D eigenvalue weighted by Crippen LogP contribution is 2.31. The maximum Gasteiger partial charge on any atom is 0.264 e. The van der Waals surface area contributed by atoms with Crippen molar-refractivity contribution < 1.29 is 14.5 Å². The van der Waals surface area contributed by atoms with Crippen molar-refractivity contribution in [2.24, 2.45) is 5.92 Å². The number of H-pyrrole nitrogens is 1. The van der Waals surface area contributed by atoms with E-state index in [0.717, 1.165) is 25.2 Å². The number of hydrogen-bond donors (Lipinski definition) is 3. The Labute approximate surface area is 156 Å². The summed E-state index contributed by atoms with van der Waals surface area (Å²) >= 11 is 0. The maximum absolute atomic E-state index is 11.7. The minimum atomic E-state index is -0.486. The van der Waals surface area contributed by atoms with E-state index in [1.54, 1.807) is 5.48 Å². The molecule has 1 atom stereocenters. The van der Waals surface area contributed by atoms with Crippen molar-refractivity contribution in [1.29, 1.82) is 0 Å². The number of aromatic nitrogens is 4. The van der Waals surface area contributed by atoms with Gasteiger partial charge in [-0.15, -0.1) is 0 Å². The highest BCUT2D eigenvalue weighted by atomic mass is 16.5. The van der Waals surface area contributed by atoms with E-state index in [4.69, 9.17) is 9.73 Å². The number of rotatable bonds is 8. The SMILES string of the molecule is O=C(C[C@@H](CCCC1CCCCC1)c1nc(-c2ccc(=O)[nH]n2)no1)NO. The Kier molecular flexibility index (Phi) is 6.69. The third-order valence-corrected chi connectivity index (χ3v) is 5.15. The lowest BCUT2D eigenvalue weighted by Crippen LogP contribution is -2.21. The van der Waals surface area contributed by atoms with Crippen LogP contribution in [0, 0.1) is 5.92 Å². The Morgan fingerprint density at radius 2 is 2.15 bits per heavy atom. The zero-order valence-electron chi connectivity index (χ0n) is 15.2. The first-order chi connectivity index (χ1) is 13.2. The lowest BCUT2D eigenvalue weighted by Gasteiger charge is -2.22. The Bertz CT molecular complexity index is 777. The lowest BCUT2D eigenvalue weighted by atomic mass is 9.84. The first-order valence-corrected chi connectivity index (χ1v) is 9.48. The van der Waals surface area contributed by atoms with Gasteiger partial charge in [-0.2, -0.15) is 10.1 Å². The van der Waals surface area contributed by atoms with Gasteiger partial charge in [0.2, 0.25) is 17.6 Å². The smallest absolute Gasteiger partial charge is 0.264 e. The van der Waals surface area contributed by atoms with Crippen molar-refractivity contribution in [3.8, 4) is 11.5 Å². The Morgan fingerprint density at radius 1 is 1.33 bits per heavy atom. The van der Waals surface area contributed by atoms with Gasteiger partial charge < -0.3 is 4.52 Å². The molecule has 0 aliphatic heterocycles. The summed E-state index contributed by atoms with van der Waals surface area (Å²) in [6.45, 7) is 0. The first-order valence-electron chi connectivity index (χ1n) is 9.48. The maximum atomic E-state index is 11.7. The van der Waals surface area contributed by atoms with Gasteiger partial charge in [0, 0.05) is 18.4 Å². The van der Waals surface area contributed by atoms with Crippen LogP contribution in [0.15, 0.2) is 21.5 Å². The molecular weight excluding hydrogens is 350 g/mol. The van der Waals surface area contributed by atoms with Gasteiger partial charge in [-0.3, -0.25) is 14.8 Å². The van der Waals surface area contributed by atoms with E-state index in [0.29, 0.717) is 11.6 Å². The number of carbonyl (C=O) groups is 1. The molecule has 2 aromatic heterocycles. The average Bonchev–Trinajstić information content (AvgIpc) is 3.18. The Morgan fingerprint density at radius 3 is 2.85 bits per heavy atom. The van der Waals surface area contributed by atoms with Crippen molar-refractivity contribution in [2.75, 3.05) is 0 Å². The molecule has 1 aliphatic rings. The van der Waals surface area contributed by atoms with E-state index in [1.807, 2.05) is 0 Å². The molecule has 2 heterocycles. The largest absolute Gasteiger partial charge is 0.339 e. The molecule has 0 unspecified atom stereocenters. The fourth-order valence-corrected chi connectivity index (χ4v) is 3.69. The van der Waals surface area contributed by atoms with E-state index in [1.165, 1.54) is 44.2 Å². The van der Waals surface area contributed by atoms with E-state index in [-0.39, 0.29) is 23.7 Å². The number of carbonyl (C=O) groups excluding carboxylic acids is 1. The molecule has 9 heteroatoms. The van der Waals surface area contributed by atoms with Crippen LogP contribution in [0.3, 0.4) is 0 Å². The standard InChI is InChI=1S/C18H25N5O4/c24-15-10-9-14(20-21-15)17-19-18(27-23-17)13(11-16(25)22-26)8-4-7-12-5-2-1-3-6-12/h9-10,12-13,26H,1-8,11H2,(H,21,24)(H,22,25)/t13-/m1/s1. The molecule has 146 valence electrons. The van der Waals surface area contributed by atoms with Crippen molar-refractivity contribution in [3.05, 3.63) is 28.4 Å². The van der Waals surface area contributed by atoms with Crippen molar-refractivity contribution in [2.45, 2.75) is 63.7 Å². The predicted molar refractivity (Wildman–Crippen MR) is 95.9 cm³/mol. The monoisotopic (exact) mass is 375 g/mol. The van der Waals surface area contributed by atoms with Crippen molar-refractivity contribution >= 4 is 5.91 Å². The van der Waals surface area contributed by atoms with Crippen LogP contribution < -0.4 is 11.0 Å². The summed E-state index contributed by atoms with van der Waals surface area (Å²) in [4.78, 5) is 27.1. The van der Waals surface area contributed by atoms with Gasteiger partial charge in [-0.25, -0.2) is 10.6 Å². The summed E-state index contributed by atoms with van der Waals surface area (Å²) in [6.07, 6.45) is 9.39. The second kappa shape index (κ2) is 9.40. The van der Waals surface area contributed by atoms with Gasteiger partial charge >= 0.3 is 0 Å². The van der Waals surface area contributed by atoms with Gasteiger partial charge in [0.15, 0.2) is 0 Å². The van der Waals surface area contributed by atoms with E-state index in [2.05, 4.69) is 20.3 Å². The van der Waals surface area contributed by atoms with Gasteiger partial charge in [-0.1, -0.05) is 50.1 Å². The molecule has 1 amide bonds. The Hall–Kier alpha value is -2.55. The zero-order valence-corrected chi connectivity index (χ0v) is 15.2. The summed E-state index contributed by atoms with van der Waals surface area (Å²) in [5, 5.41) is 19.0. The summed E-state index contributed by atoms with van der Waals surface area (Å²) in [6, 6.07) is 2.84. The number of hydroxylamine groups is 1. The van der Waals surface area contributed by atoms with E-state index in [9.17, 15) is 9.59 Å². The molecule has 0 saturated heterocycles. The fraction of sp³-hybridized carbons (Fsp3) is 0.611. The molecule has 0 spiro atoms. The predicted octanol–water partition coefficient (Wildman–Crippen LogP) is 2.55. The summed E-state index contributed by atoms with van der Waals surface area (Å²) in [5.41, 5.74) is 1.74. The number of nitrogens with one attached hydrogen (secondary N) is 2. The first kappa shape index (κ1) is 19.2. The second-order valence-corrected chi connectivity index (χ2v) is 7.13. The van der Waals surface area contributed by atoms with Crippen LogP contribution in [0.25, 0.3) is 11.5 Å². The fourth-order valence-electron chi connectivity index (χ4n) is 3.69. The minimum Gasteiger partial charge on any atom is -0.339 e.